The largest absolute Gasteiger partial charge is 0.497 e. The first-order chi connectivity index (χ1) is 14.1. The Kier molecular flexibility index (Phi) is 5.04. The molecule has 2 heterocycles. The molecule has 2 fully saturated rings. The number of rotatable bonds is 5. The number of alkyl halides is 5. The van der Waals surface area contributed by atoms with Gasteiger partial charge in [-0.05, 0) is 12.8 Å². The smallest absolute Gasteiger partial charge is 0.329 e. The van der Waals surface area contributed by atoms with E-state index in [0.717, 1.165) is 16.6 Å². The number of aromatic amines is 1. The SMILES string of the molecule is COC1=c2c(c(=O)[nH]c(=O)n2C2CC2)=C(C(F)F)C(F)C1N1CC(CO)C(F)(F)C1. The average molecular weight is 437 g/mol. The van der Waals surface area contributed by atoms with Crippen molar-refractivity contribution in [1.82, 2.24) is 14.5 Å². The zero-order valence-corrected chi connectivity index (χ0v) is 15.9. The Morgan fingerprint density at radius 2 is 1.97 bits per heavy atom. The summed E-state index contributed by atoms with van der Waals surface area (Å²) in [6.07, 6.45) is -4.84. The number of ether oxygens (including phenoxy) is 1. The summed E-state index contributed by atoms with van der Waals surface area (Å²) in [5, 5.41) is 8.26. The number of nitrogens with zero attached hydrogens (tertiary/aromatic N) is 2. The van der Waals surface area contributed by atoms with E-state index in [1.54, 1.807) is 0 Å². The second-order valence-corrected chi connectivity index (χ2v) is 7.83. The second kappa shape index (κ2) is 7.19. The van der Waals surface area contributed by atoms with Gasteiger partial charge in [0.05, 0.1) is 36.7 Å². The predicted octanol–water partition coefficient (Wildman–Crippen LogP) is -0.678. The van der Waals surface area contributed by atoms with Crippen LogP contribution in [0.2, 0.25) is 0 Å². The summed E-state index contributed by atoms with van der Waals surface area (Å²) in [6.45, 7) is -2.33. The van der Waals surface area contributed by atoms with Gasteiger partial charge in [0, 0.05) is 18.2 Å². The molecule has 30 heavy (non-hydrogen) atoms. The maximum atomic E-state index is 15.4. The van der Waals surface area contributed by atoms with Crippen LogP contribution < -0.4 is 21.8 Å². The molecule has 3 atom stereocenters. The molecule has 4 rings (SSSR count). The first kappa shape index (κ1) is 21.0. The lowest BCUT2D eigenvalue weighted by molar-refractivity contribution is -0.0447. The molecule has 3 unspecified atom stereocenters. The van der Waals surface area contributed by atoms with Crippen molar-refractivity contribution in [3.05, 3.63) is 31.4 Å². The number of hydrogen-bond donors (Lipinski definition) is 2. The van der Waals surface area contributed by atoms with Gasteiger partial charge in [0.2, 0.25) is 0 Å². The van der Waals surface area contributed by atoms with Gasteiger partial charge in [-0.3, -0.25) is 19.2 Å². The zero-order chi connectivity index (χ0) is 22.0. The van der Waals surface area contributed by atoms with Crippen LogP contribution in [0.25, 0.3) is 11.3 Å². The first-order valence-corrected chi connectivity index (χ1v) is 9.44. The zero-order valence-electron chi connectivity index (χ0n) is 15.9. The standard InChI is InChI=1S/C18H20F5N3O4/c1-30-14-12-10(16(28)24-17(29)26(12)8-2-3-8)9(15(20)21)11(19)13(14)25-4-7(5-27)18(22,23)6-25/h7-8,11,13,15,27H,2-6H2,1H3,(H,24,28,29). The summed E-state index contributed by atoms with van der Waals surface area (Å²) < 4.78 is 78.0. The van der Waals surface area contributed by atoms with Crippen molar-refractivity contribution in [3.63, 3.8) is 0 Å². The molecule has 0 aromatic carbocycles. The lowest BCUT2D eigenvalue weighted by atomic mass is 9.93. The number of aliphatic hydroxyl groups is 1. The molecule has 0 bridgehead atoms. The van der Waals surface area contributed by atoms with Crippen molar-refractivity contribution >= 4 is 11.3 Å². The number of aromatic nitrogens is 2. The van der Waals surface area contributed by atoms with Crippen LogP contribution in [0.15, 0.2) is 9.59 Å². The highest BCUT2D eigenvalue weighted by molar-refractivity contribution is 5.63. The molecule has 12 heteroatoms. The van der Waals surface area contributed by atoms with E-state index >= 15 is 4.39 Å². The van der Waals surface area contributed by atoms with Crippen LogP contribution in [-0.2, 0) is 4.74 Å². The third-order valence-electron chi connectivity index (χ3n) is 5.96. The molecule has 166 valence electrons. The number of H-pyrrole nitrogens is 1. The van der Waals surface area contributed by atoms with E-state index < -0.39 is 78.3 Å². The molecule has 1 aromatic rings. The molecule has 2 aliphatic carbocycles. The monoisotopic (exact) mass is 437 g/mol. The first-order valence-electron chi connectivity index (χ1n) is 9.44. The van der Waals surface area contributed by atoms with Gasteiger partial charge in [-0.15, -0.1) is 0 Å². The molecule has 2 N–H and O–H groups in total. The minimum Gasteiger partial charge on any atom is -0.497 e. The number of likely N-dealkylation sites (tertiary alicyclic amines) is 1. The van der Waals surface area contributed by atoms with Crippen molar-refractivity contribution in [2.24, 2.45) is 5.92 Å². The topological polar surface area (TPSA) is 87.6 Å². The third-order valence-corrected chi connectivity index (χ3v) is 5.96. The number of hydrogen-bond acceptors (Lipinski definition) is 5. The van der Waals surface area contributed by atoms with Gasteiger partial charge in [-0.25, -0.2) is 26.7 Å². The summed E-state index contributed by atoms with van der Waals surface area (Å²) in [5.41, 5.74) is -3.21. The van der Waals surface area contributed by atoms with Crippen molar-refractivity contribution in [1.29, 1.82) is 0 Å². The van der Waals surface area contributed by atoms with Gasteiger partial charge < -0.3 is 9.84 Å². The number of nitrogens with one attached hydrogen (secondary N) is 1. The fourth-order valence-corrected chi connectivity index (χ4v) is 4.40. The van der Waals surface area contributed by atoms with Crippen LogP contribution in [0.1, 0.15) is 18.9 Å². The highest BCUT2D eigenvalue weighted by atomic mass is 19.3. The second-order valence-electron chi connectivity index (χ2n) is 7.83. The molecule has 0 radical (unpaired) electrons. The number of halogens is 5. The Bertz CT molecular complexity index is 1090. The predicted molar refractivity (Wildman–Crippen MR) is 94.5 cm³/mol. The molecule has 3 aliphatic rings. The van der Waals surface area contributed by atoms with E-state index in [4.69, 9.17) is 4.74 Å². The van der Waals surface area contributed by atoms with Crippen LogP contribution in [0.3, 0.4) is 0 Å². The molecular weight excluding hydrogens is 417 g/mol. The fraction of sp³-hybridized carbons (Fsp3) is 0.667. The van der Waals surface area contributed by atoms with Crippen LogP contribution >= 0.6 is 0 Å². The molecule has 0 amide bonds. The Hall–Kier alpha value is -2.21. The summed E-state index contributed by atoms with van der Waals surface area (Å²) in [7, 11) is 1.10. The van der Waals surface area contributed by atoms with Crippen LogP contribution in [0.4, 0.5) is 22.0 Å². The molecule has 1 saturated heterocycles. The van der Waals surface area contributed by atoms with Gasteiger partial charge in [0.25, 0.3) is 17.9 Å². The maximum absolute atomic E-state index is 15.4. The van der Waals surface area contributed by atoms with Crippen molar-refractivity contribution in [2.45, 2.75) is 43.4 Å². The molecule has 1 aromatic heterocycles. The van der Waals surface area contributed by atoms with Crippen molar-refractivity contribution < 1.29 is 31.8 Å². The number of methoxy groups -OCH3 is 1. The van der Waals surface area contributed by atoms with Crippen LogP contribution in [-0.4, -0.2) is 70.9 Å². The Morgan fingerprint density at radius 3 is 2.47 bits per heavy atom. The van der Waals surface area contributed by atoms with Crippen LogP contribution in [0.5, 0.6) is 0 Å². The molecule has 1 aliphatic heterocycles. The van der Waals surface area contributed by atoms with Crippen LogP contribution in [0, 0.1) is 5.92 Å². The van der Waals surface area contributed by atoms with E-state index in [-0.39, 0.29) is 11.1 Å². The lowest BCUT2D eigenvalue weighted by Crippen LogP contribution is -2.63. The van der Waals surface area contributed by atoms with Crippen molar-refractivity contribution in [3.8, 4) is 0 Å². The fourth-order valence-electron chi connectivity index (χ4n) is 4.40. The lowest BCUT2D eigenvalue weighted by Gasteiger charge is -2.35. The molecule has 7 nitrogen and oxygen atoms in total. The van der Waals surface area contributed by atoms with Gasteiger partial charge in [-0.2, -0.15) is 0 Å². The van der Waals surface area contributed by atoms with Gasteiger partial charge in [0.1, 0.15) is 11.8 Å². The highest BCUT2D eigenvalue weighted by Gasteiger charge is 2.53. The van der Waals surface area contributed by atoms with Crippen molar-refractivity contribution in [2.75, 3.05) is 26.8 Å². The number of aliphatic hydroxyl groups excluding tert-OH is 1. The Labute approximate surface area is 166 Å². The quantitative estimate of drug-likeness (QED) is 0.597. The molecule has 0 spiro atoms. The third kappa shape index (κ3) is 3.08. The summed E-state index contributed by atoms with van der Waals surface area (Å²) >= 11 is 0. The van der Waals surface area contributed by atoms with Gasteiger partial charge >= 0.3 is 5.69 Å². The molecular formula is C18H20F5N3O4. The highest BCUT2D eigenvalue weighted by Crippen LogP contribution is 2.39. The minimum absolute atomic E-state index is 0.293. The summed E-state index contributed by atoms with van der Waals surface area (Å²) in [4.78, 5) is 27.7. The number of fused-ring (bicyclic) bond motifs is 1. The minimum atomic E-state index is -3.40. The van der Waals surface area contributed by atoms with E-state index in [9.17, 15) is 32.3 Å². The Morgan fingerprint density at radius 1 is 1.30 bits per heavy atom. The van der Waals surface area contributed by atoms with Gasteiger partial charge in [-0.1, -0.05) is 0 Å². The summed E-state index contributed by atoms with van der Waals surface area (Å²) in [5.74, 6) is -5.21. The maximum Gasteiger partial charge on any atom is 0.329 e. The normalized spacial score (nSPS) is 28.9. The van der Waals surface area contributed by atoms with E-state index in [0.29, 0.717) is 12.8 Å². The Balaban J connectivity index is 2.05. The van der Waals surface area contributed by atoms with E-state index in [1.165, 1.54) is 0 Å². The van der Waals surface area contributed by atoms with E-state index in [2.05, 4.69) is 0 Å². The molecule has 1 saturated carbocycles. The van der Waals surface area contributed by atoms with Gasteiger partial charge in [0.15, 0.2) is 6.17 Å². The van der Waals surface area contributed by atoms with E-state index in [1.807, 2.05) is 4.98 Å². The summed E-state index contributed by atoms with van der Waals surface area (Å²) in [6, 6.07) is -2.09. The average Bonchev–Trinajstić information content (AvgIpc) is 3.44.